The second-order valence-corrected chi connectivity index (χ2v) is 5.11. The summed E-state index contributed by atoms with van der Waals surface area (Å²) in [5.41, 5.74) is 0.198. The molecule has 0 saturated heterocycles. The van der Waals surface area contributed by atoms with E-state index in [9.17, 15) is 4.57 Å². The van der Waals surface area contributed by atoms with Crippen molar-refractivity contribution in [3.8, 4) is 0 Å². The highest BCUT2D eigenvalue weighted by atomic mass is 31.1. The molecule has 3 nitrogen and oxygen atoms in total. The van der Waals surface area contributed by atoms with Crippen LogP contribution in [0.5, 0.6) is 0 Å². The molecule has 0 bridgehead atoms. The molecule has 4 heteroatoms. The van der Waals surface area contributed by atoms with Gasteiger partial charge in [-0.1, -0.05) is 20.8 Å². The van der Waals surface area contributed by atoms with Gasteiger partial charge in [-0.15, -0.1) is 9.05 Å². The Labute approximate surface area is 75.4 Å². The SMILES string of the molecule is CO[P+](=O)OC(C)CC(C)(C)C. The van der Waals surface area contributed by atoms with Crippen LogP contribution in [-0.2, 0) is 13.6 Å². The Kier molecular flexibility index (Phi) is 4.91. The Morgan fingerprint density at radius 1 is 1.42 bits per heavy atom. The summed E-state index contributed by atoms with van der Waals surface area (Å²) in [5.74, 6) is 0. The Morgan fingerprint density at radius 2 is 1.92 bits per heavy atom. The van der Waals surface area contributed by atoms with Crippen molar-refractivity contribution >= 4 is 8.25 Å². The molecule has 0 amide bonds. The van der Waals surface area contributed by atoms with Gasteiger partial charge >= 0.3 is 8.25 Å². The second kappa shape index (κ2) is 4.90. The van der Waals surface area contributed by atoms with Crippen molar-refractivity contribution in [3.63, 3.8) is 0 Å². The minimum absolute atomic E-state index is 0.0199. The van der Waals surface area contributed by atoms with Gasteiger partial charge in [-0.25, -0.2) is 0 Å². The van der Waals surface area contributed by atoms with Crippen LogP contribution >= 0.6 is 8.25 Å². The summed E-state index contributed by atoms with van der Waals surface area (Å²) in [6.45, 7) is 8.25. The van der Waals surface area contributed by atoms with Crippen LogP contribution < -0.4 is 0 Å². The zero-order valence-electron chi connectivity index (χ0n) is 8.46. The Balaban J connectivity index is 3.74. The van der Waals surface area contributed by atoms with E-state index in [2.05, 4.69) is 25.3 Å². The molecule has 12 heavy (non-hydrogen) atoms. The van der Waals surface area contributed by atoms with Crippen molar-refractivity contribution < 1.29 is 13.6 Å². The highest BCUT2D eigenvalue weighted by Gasteiger charge is 2.25. The minimum Gasteiger partial charge on any atom is -0.122 e. The third-order valence-electron chi connectivity index (χ3n) is 1.31. The number of hydrogen-bond acceptors (Lipinski definition) is 3. The maximum absolute atomic E-state index is 10.8. The van der Waals surface area contributed by atoms with Crippen molar-refractivity contribution in [2.45, 2.75) is 40.2 Å². The van der Waals surface area contributed by atoms with Crippen molar-refractivity contribution in [2.24, 2.45) is 5.41 Å². The summed E-state index contributed by atoms with van der Waals surface area (Å²) in [4.78, 5) is 0. The quantitative estimate of drug-likeness (QED) is 0.643. The molecule has 0 spiro atoms. The van der Waals surface area contributed by atoms with Gasteiger partial charge in [0.1, 0.15) is 6.10 Å². The van der Waals surface area contributed by atoms with Crippen LogP contribution in [0.3, 0.4) is 0 Å². The molecule has 0 aromatic carbocycles. The summed E-state index contributed by atoms with van der Waals surface area (Å²) in [5, 5.41) is 0. The predicted octanol–water partition coefficient (Wildman–Crippen LogP) is 3.13. The molecular weight excluding hydrogens is 175 g/mol. The molecule has 0 aliphatic heterocycles. The van der Waals surface area contributed by atoms with E-state index in [4.69, 9.17) is 4.52 Å². The van der Waals surface area contributed by atoms with E-state index in [0.29, 0.717) is 0 Å². The molecule has 0 aliphatic rings. The van der Waals surface area contributed by atoms with Gasteiger partial charge in [0.25, 0.3) is 0 Å². The molecule has 2 atom stereocenters. The van der Waals surface area contributed by atoms with E-state index in [1.807, 2.05) is 6.92 Å². The monoisotopic (exact) mass is 193 g/mol. The fraction of sp³-hybridized carbons (Fsp3) is 1.00. The second-order valence-electron chi connectivity index (χ2n) is 4.09. The average molecular weight is 193 g/mol. The number of hydrogen-bond donors (Lipinski definition) is 0. The van der Waals surface area contributed by atoms with E-state index in [1.54, 1.807) is 0 Å². The smallest absolute Gasteiger partial charge is 0.122 e. The van der Waals surface area contributed by atoms with Crippen LogP contribution in [0, 0.1) is 5.41 Å². The maximum Gasteiger partial charge on any atom is 0.697 e. The summed E-state index contributed by atoms with van der Waals surface area (Å²) < 4.78 is 20.4. The molecule has 0 aromatic rings. The van der Waals surface area contributed by atoms with Gasteiger partial charge in [0, 0.05) is 4.57 Å². The van der Waals surface area contributed by atoms with E-state index in [1.165, 1.54) is 7.11 Å². The minimum atomic E-state index is -1.92. The van der Waals surface area contributed by atoms with Crippen LogP contribution in [0.25, 0.3) is 0 Å². The van der Waals surface area contributed by atoms with Crippen LogP contribution in [0.1, 0.15) is 34.1 Å². The molecule has 0 saturated carbocycles. The highest BCUT2D eigenvalue weighted by molar-refractivity contribution is 7.33. The zero-order valence-corrected chi connectivity index (χ0v) is 9.35. The first-order valence-electron chi connectivity index (χ1n) is 4.03. The lowest BCUT2D eigenvalue weighted by Crippen LogP contribution is -2.15. The van der Waals surface area contributed by atoms with Crippen molar-refractivity contribution in [1.82, 2.24) is 0 Å². The van der Waals surface area contributed by atoms with Crippen molar-refractivity contribution in [2.75, 3.05) is 7.11 Å². The highest BCUT2D eigenvalue weighted by Crippen LogP contribution is 2.30. The lowest BCUT2D eigenvalue weighted by atomic mass is 9.90. The van der Waals surface area contributed by atoms with Gasteiger partial charge < -0.3 is 0 Å². The molecule has 0 heterocycles. The van der Waals surface area contributed by atoms with Gasteiger partial charge in [0.15, 0.2) is 0 Å². The molecule has 72 valence electrons. The fourth-order valence-electron chi connectivity index (χ4n) is 1.09. The van der Waals surface area contributed by atoms with Gasteiger partial charge in [0.2, 0.25) is 0 Å². The molecule has 0 N–H and O–H groups in total. The fourth-order valence-corrected chi connectivity index (χ4v) is 1.54. The van der Waals surface area contributed by atoms with E-state index >= 15 is 0 Å². The first-order chi connectivity index (χ1) is 5.35. The summed E-state index contributed by atoms with van der Waals surface area (Å²) in [6.07, 6.45) is 0.853. The van der Waals surface area contributed by atoms with Crippen LogP contribution in [0.2, 0.25) is 0 Å². The molecule has 0 fully saturated rings. The van der Waals surface area contributed by atoms with Crippen molar-refractivity contribution in [1.29, 1.82) is 0 Å². The number of rotatable bonds is 4. The molecular formula is C8H18O3P+. The van der Waals surface area contributed by atoms with Crippen LogP contribution in [-0.4, -0.2) is 13.2 Å². The first-order valence-corrected chi connectivity index (χ1v) is 5.13. The lowest BCUT2D eigenvalue weighted by molar-refractivity contribution is 0.145. The Morgan fingerprint density at radius 3 is 2.25 bits per heavy atom. The van der Waals surface area contributed by atoms with Crippen molar-refractivity contribution in [3.05, 3.63) is 0 Å². The van der Waals surface area contributed by atoms with E-state index in [0.717, 1.165) is 6.42 Å². The van der Waals surface area contributed by atoms with Gasteiger partial charge in [-0.05, 0) is 18.8 Å². The lowest BCUT2D eigenvalue weighted by Gasteiger charge is -2.19. The van der Waals surface area contributed by atoms with Gasteiger partial charge in [-0.2, -0.15) is 0 Å². The molecule has 2 unspecified atom stereocenters. The van der Waals surface area contributed by atoms with Crippen LogP contribution in [0.15, 0.2) is 0 Å². The first kappa shape index (κ1) is 12.0. The van der Waals surface area contributed by atoms with Crippen LogP contribution in [0.4, 0.5) is 0 Å². The van der Waals surface area contributed by atoms with Gasteiger partial charge in [0.05, 0.1) is 7.11 Å². The van der Waals surface area contributed by atoms with Gasteiger partial charge in [-0.3, -0.25) is 0 Å². The third kappa shape index (κ3) is 6.71. The largest absolute Gasteiger partial charge is 0.697 e. The average Bonchev–Trinajstić information content (AvgIpc) is 1.82. The maximum atomic E-state index is 10.8. The molecule has 0 aliphatic carbocycles. The molecule has 0 aromatic heterocycles. The van der Waals surface area contributed by atoms with E-state index < -0.39 is 8.25 Å². The summed E-state index contributed by atoms with van der Waals surface area (Å²) in [7, 11) is -0.543. The molecule has 0 radical (unpaired) electrons. The normalized spacial score (nSPS) is 15.9. The Hall–Kier alpha value is 0.0200. The Bertz CT molecular complexity index is 151. The summed E-state index contributed by atoms with van der Waals surface area (Å²) in [6, 6.07) is 0. The molecule has 0 rings (SSSR count). The predicted molar refractivity (Wildman–Crippen MR) is 49.2 cm³/mol. The summed E-state index contributed by atoms with van der Waals surface area (Å²) >= 11 is 0. The topological polar surface area (TPSA) is 35.5 Å². The van der Waals surface area contributed by atoms with E-state index in [-0.39, 0.29) is 11.5 Å². The third-order valence-corrected chi connectivity index (χ3v) is 2.15. The standard InChI is InChI=1S/C8H18O3P/c1-7(6-8(2,3)4)11-12(9)10-5/h7H,6H2,1-5H3/q+1. The zero-order chi connectivity index (χ0) is 9.78.